The maximum Gasteiger partial charge on any atom is 0.168 e. The molecule has 0 aromatic carbocycles. The number of nitrogens with one attached hydrogen (secondary N) is 3. The zero-order chi connectivity index (χ0) is 30.9. The third kappa shape index (κ3) is 6.58. The normalized spacial score (nSPS) is 32.3. The number of aliphatic imine (C=N–C) groups is 1. The zero-order valence-electron chi connectivity index (χ0n) is 27.1. The average molecular weight is 631 g/mol. The molecule has 3 N–H and O–H groups in total. The van der Waals surface area contributed by atoms with Gasteiger partial charge in [-0.3, -0.25) is 0 Å². The number of aromatic nitrogens is 1. The highest BCUT2D eigenvalue weighted by Crippen LogP contribution is 2.60. The second-order valence-corrected chi connectivity index (χ2v) is 15.4. The van der Waals surface area contributed by atoms with Gasteiger partial charge in [0.25, 0.3) is 0 Å². The van der Waals surface area contributed by atoms with Gasteiger partial charge in [0.05, 0.1) is 18.8 Å². The minimum atomic E-state index is -0.258. The molecule has 2 aliphatic heterocycles. The largest absolute Gasteiger partial charge is 0.386 e. The van der Waals surface area contributed by atoms with E-state index in [1.54, 1.807) is 18.0 Å². The average Bonchev–Trinajstić information content (AvgIpc) is 3.43. The Hall–Kier alpha value is -2.38. The summed E-state index contributed by atoms with van der Waals surface area (Å²) in [5, 5.41) is 22.7. The topological polar surface area (TPSA) is 104 Å². The van der Waals surface area contributed by atoms with Crippen LogP contribution in [0.4, 0.5) is 0 Å². The standard InChI is InChI=1S/C36H50N6O2S/c1-3-26-15-31(30(19-37)22-41-33(26)40-21-27-5-4-10-38-34(27)45-2)42-23-35-16-25-13-28(17-35)32(29(14-25)18-35)39-20-24-6-8-36(9-7-24)43-11-12-44-36/h4-5,10,22,24-25,28-29,32,39-40,42H,3,6-9,11-18,20-21,23H2,1-2H3. The van der Waals surface area contributed by atoms with Gasteiger partial charge in [-0.25, -0.2) is 9.98 Å². The van der Waals surface area contributed by atoms with E-state index in [4.69, 9.17) is 14.5 Å². The Morgan fingerprint density at radius 1 is 1.09 bits per heavy atom. The highest BCUT2D eigenvalue weighted by molar-refractivity contribution is 7.98. The van der Waals surface area contributed by atoms with Gasteiger partial charge in [0.2, 0.25) is 0 Å². The van der Waals surface area contributed by atoms with Crippen LogP contribution in [0.1, 0.15) is 83.1 Å². The van der Waals surface area contributed by atoms with Crippen LogP contribution >= 0.6 is 11.8 Å². The smallest absolute Gasteiger partial charge is 0.168 e. The molecule has 8 rings (SSSR count). The van der Waals surface area contributed by atoms with Gasteiger partial charge in [-0.1, -0.05) is 13.0 Å². The molecule has 5 aliphatic carbocycles. The van der Waals surface area contributed by atoms with Gasteiger partial charge in [0.1, 0.15) is 16.9 Å². The lowest BCUT2D eigenvalue weighted by atomic mass is 9.48. The van der Waals surface area contributed by atoms with Crippen molar-refractivity contribution in [2.45, 2.75) is 101 Å². The van der Waals surface area contributed by atoms with E-state index in [1.807, 2.05) is 12.3 Å². The van der Waals surface area contributed by atoms with Crippen LogP contribution in [0.5, 0.6) is 0 Å². The molecule has 8 nitrogen and oxygen atoms in total. The molecule has 0 amide bonds. The lowest BCUT2D eigenvalue weighted by Crippen LogP contribution is -2.60. The SMILES string of the molecule is CCC1=C(NCc2cccnc2SC)N=CC(C#N)=C(NCC23CC4CC(C2)C(NCC2CCC5(CC2)OCCO5)C(C4)C3)C1. The van der Waals surface area contributed by atoms with Gasteiger partial charge in [-0.15, -0.1) is 11.8 Å². The molecule has 5 saturated carbocycles. The maximum absolute atomic E-state index is 10.1. The highest BCUT2D eigenvalue weighted by Gasteiger charge is 2.55. The number of ether oxygens (including phenoxy) is 2. The van der Waals surface area contributed by atoms with E-state index in [-0.39, 0.29) is 5.79 Å². The first-order chi connectivity index (χ1) is 22.0. The van der Waals surface area contributed by atoms with Crippen molar-refractivity contribution in [2.75, 3.05) is 32.6 Å². The summed E-state index contributed by atoms with van der Waals surface area (Å²) in [6, 6.07) is 7.21. The van der Waals surface area contributed by atoms with E-state index in [0.29, 0.717) is 23.6 Å². The second kappa shape index (κ2) is 13.4. The van der Waals surface area contributed by atoms with E-state index in [9.17, 15) is 5.26 Å². The van der Waals surface area contributed by atoms with Crippen LogP contribution in [0.3, 0.4) is 0 Å². The van der Waals surface area contributed by atoms with Crippen molar-refractivity contribution in [2.24, 2.45) is 34.1 Å². The van der Waals surface area contributed by atoms with E-state index < -0.39 is 0 Å². The molecule has 1 spiro atoms. The molecule has 2 unspecified atom stereocenters. The summed E-state index contributed by atoms with van der Waals surface area (Å²) in [7, 11) is 0. The van der Waals surface area contributed by atoms with Crippen LogP contribution < -0.4 is 16.0 Å². The van der Waals surface area contributed by atoms with Crippen LogP contribution in [-0.4, -0.2) is 55.6 Å². The van der Waals surface area contributed by atoms with Crippen molar-refractivity contribution in [3.63, 3.8) is 0 Å². The molecule has 45 heavy (non-hydrogen) atoms. The number of nitrogens with zero attached hydrogens (tertiary/aromatic N) is 3. The molecule has 6 fully saturated rings. The summed E-state index contributed by atoms with van der Waals surface area (Å²) in [4.78, 5) is 9.29. The molecule has 1 aromatic rings. The molecule has 3 heterocycles. The molecule has 1 aromatic heterocycles. The monoisotopic (exact) mass is 630 g/mol. The quantitative estimate of drug-likeness (QED) is 0.253. The van der Waals surface area contributed by atoms with E-state index in [1.165, 1.54) is 50.5 Å². The minimum absolute atomic E-state index is 0.258. The van der Waals surface area contributed by atoms with Gasteiger partial charge in [-0.2, -0.15) is 5.26 Å². The van der Waals surface area contributed by atoms with Crippen LogP contribution in [0.15, 0.2) is 51.0 Å². The van der Waals surface area contributed by atoms with Crippen molar-refractivity contribution in [3.05, 3.63) is 46.6 Å². The number of hydrogen-bond donors (Lipinski definition) is 3. The third-order valence-corrected chi connectivity index (χ3v) is 12.6. The van der Waals surface area contributed by atoms with Crippen molar-refractivity contribution in [1.29, 1.82) is 5.26 Å². The van der Waals surface area contributed by atoms with Crippen molar-refractivity contribution in [3.8, 4) is 6.07 Å². The number of rotatable bonds is 11. The van der Waals surface area contributed by atoms with Crippen LogP contribution in [0.25, 0.3) is 0 Å². The molecule has 242 valence electrons. The first-order valence-electron chi connectivity index (χ1n) is 17.4. The Bertz CT molecular complexity index is 1350. The Balaban J connectivity index is 0.962. The summed E-state index contributed by atoms with van der Waals surface area (Å²) in [6.07, 6.45) is 18.5. The summed E-state index contributed by atoms with van der Waals surface area (Å²) >= 11 is 1.66. The summed E-state index contributed by atoms with van der Waals surface area (Å²) in [6.45, 7) is 6.48. The molecule has 1 saturated heterocycles. The van der Waals surface area contributed by atoms with Gasteiger partial charge < -0.3 is 25.4 Å². The molecule has 9 heteroatoms. The predicted molar refractivity (Wildman–Crippen MR) is 178 cm³/mol. The zero-order valence-corrected chi connectivity index (χ0v) is 27.9. The van der Waals surface area contributed by atoms with E-state index >= 15 is 0 Å². The highest BCUT2D eigenvalue weighted by atomic mass is 32.2. The Morgan fingerprint density at radius 3 is 2.58 bits per heavy atom. The Labute approximate surface area is 273 Å². The Morgan fingerprint density at radius 2 is 1.87 bits per heavy atom. The number of thioether (sulfide) groups is 1. The molecule has 7 aliphatic rings. The molecular formula is C36H50N6O2S. The van der Waals surface area contributed by atoms with Crippen LogP contribution in [0.2, 0.25) is 0 Å². The van der Waals surface area contributed by atoms with Crippen LogP contribution in [0, 0.1) is 40.4 Å². The predicted octanol–water partition coefficient (Wildman–Crippen LogP) is 6.07. The van der Waals surface area contributed by atoms with Crippen molar-refractivity contribution >= 4 is 18.0 Å². The first kappa shape index (κ1) is 31.2. The second-order valence-electron chi connectivity index (χ2n) is 14.6. The van der Waals surface area contributed by atoms with Gasteiger partial charge in [0.15, 0.2) is 5.79 Å². The summed E-state index contributed by atoms with van der Waals surface area (Å²) in [5.41, 5.74) is 4.44. The first-order valence-corrected chi connectivity index (χ1v) is 18.6. The van der Waals surface area contributed by atoms with E-state index in [2.05, 4.69) is 46.2 Å². The molecule has 0 radical (unpaired) electrons. The molecular weight excluding hydrogens is 581 g/mol. The fourth-order valence-corrected chi connectivity index (χ4v) is 10.3. The Kier molecular flexibility index (Phi) is 9.29. The van der Waals surface area contributed by atoms with Gasteiger partial charge in [-0.05, 0) is 105 Å². The maximum atomic E-state index is 10.1. The fraction of sp³-hybridized carbons (Fsp3) is 0.694. The number of nitriles is 1. The van der Waals surface area contributed by atoms with Gasteiger partial charge in [0, 0.05) is 62.1 Å². The van der Waals surface area contributed by atoms with E-state index in [0.717, 1.165) is 97.8 Å². The number of allylic oxidation sites excluding steroid dienone is 2. The summed E-state index contributed by atoms with van der Waals surface area (Å²) < 4.78 is 11.9. The molecule has 2 atom stereocenters. The van der Waals surface area contributed by atoms with Crippen LogP contribution in [-0.2, 0) is 16.0 Å². The minimum Gasteiger partial charge on any atom is -0.386 e. The number of pyridine rings is 1. The van der Waals surface area contributed by atoms with Gasteiger partial charge >= 0.3 is 0 Å². The lowest BCUT2D eigenvalue weighted by molar-refractivity contribution is -0.182. The van der Waals surface area contributed by atoms with Crippen molar-refractivity contribution < 1.29 is 9.47 Å². The summed E-state index contributed by atoms with van der Waals surface area (Å²) in [5.74, 6) is 3.77. The third-order valence-electron chi connectivity index (χ3n) is 11.8. The molecule has 4 bridgehead atoms. The fourth-order valence-electron chi connectivity index (χ4n) is 9.78. The van der Waals surface area contributed by atoms with Crippen molar-refractivity contribution in [1.82, 2.24) is 20.9 Å². The number of hydrogen-bond acceptors (Lipinski definition) is 9. The lowest BCUT2D eigenvalue weighted by Gasteiger charge is -2.60.